The highest BCUT2D eigenvalue weighted by atomic mass is 16.3. The molecular weight excluding hydrogens is 274 g/mol. The van der Waals surface area contributed by atoms with Gasteiger partial charge in [0.15, 0.2) is 5.69 Å². The van der Waals surface area contributed by atoms with Crippen molar-refractivity contribution in [2.75, 3.05) is 26.3 Å². The second-order valence-electron chi connectivity index (χ2n) is 5.47. The Bertz CT molecular complexity index is 458. The Morgan fingerprint density at radius 1 is 1.48 bits per heavy atom. The van der Waals surface area contributed by atoms with E-state index in [2.05, 4.69) is 20.9 Å². The Labute approximate surface area is 123 Å². The molecule has 1 saturated heterocycles. The number of aliphatic hydroxyl groups is 2. The lowest BCUT2D eigenvalue weighted by Crippen LogP contribution is -2.53. The highest BCUT2D eigenvalue weighted by Crippen LogP contribution is 2.17. The van der Waals surface area contributed by atoms with Gasteiger partial charge < -0.3 is 20.8 Å². The number of aromatic nitrogens is 3. The molecular formula is C13H23N5O3. The van der Waals surface area contributed by atoms with Crippen LogP contribution in [0.1, 0.15) is 42.7 Å². The summed E-state index contributed by atoms with van der Waals surface area (Å²) >= 11 is 0. The fourth-order valence-electron chi connectivity index (χ4n) is 2.38. The van der Waals surface area contributed by atoms with E-state index in [1.54, 1.807) is 17.8 Å². The Morgan fingerprint density at radius 2 is 2.14 bits per heavy atom. The SMILES string of the molecule is CCC(CO)(CO)NC(=O)c1cn(C2CCNCC2)nn1. The zero-order valence-electron chi connectivity index (χ0n) is 12.2. The lowest BCUT2D eigenvalue weighted by Gasteiger charge is -2.29. The quantitative estimate of drug-likeness (QED) is 0.539. The second kappa shape index (κ2) is 6.97. The van der Waals surface area contributed by atoms with Crippen molar-refractivity contribution < 1.29 is 15.0 Å². The molecule has 2 heterocycles. The summed E-state index contributed by atoms with van der Waals surface area (Å²) in [4.78, 5) is 12.2. The molecule has 118 valence electrons. The van der Waals surface area contributed by atoms with Crippen LogP contribution in [0.4, 0.5) is 0 Å². The van der Waals surface area contributed by atoms with Crippen LogP contribution < -0.4 is 10.6 Å². The van der Waals surface area contributed by atoms with Crippen LogP contribution in [0.2, 0.25) is 0 Å². The Morgan fingerprint density at radius 3 is 2.71 bits per heavy atom. The summed E-state index contributed by atoms with van der Waals surface area (Å²) < 4.78 is 1.72. The number of nitrogens with zero attached hydrogens (tertiary/aromatic N) is 3. The van der Waals surface area contributed by atoms with Gasteiger partial charge >= 0.3 is 0 Å². The molecule has 1 aromatic rings. The van der Waals surface area contributed by atoms with E-state index in [9.17, 15) is 15.0 Å². The molecule has 0 spiro atoms. The molecule has 0 unspecified atom stereocenters. The zero-order chi connectivity index (χ0) is 15.3. The summed E-state index contributed by atoms with van der Waals surface area (Å²) in [5.41, 5.74) is -0.816. The molecule has 8 heteroatoms. The molecule has 2 rings (SSSR count). The summed E-state index contributed by atoms with van der Waals surface area (Å²) in [6.07, 6.45) is 3.96. The second-order valence-corrected chi connectivity index (χ2v) is 5.47. The van der Waals surface area contributed by atoms with Gasteiger partial charge in [0, 0.05) is 0 Å². The lowest BCUT2D eigenvalue weighted by molar-refractivity contribution is 0.0649. The molecule has 0 aliphatic carbocycles. The average molecular weight is 297 g/mol. The molecule has 1 fully saturated rings. The largest absolute Gasteiger partial charge is 0.394 e. The third-order valence-electron chi connectivity index (χ3n) is 4.09. The van der Waals surface area contributed by atoms with E-state index in [4.69, 9.17) is 0 Å². The average Bonchev–Trinajstić information content (AvgIpc) is 3.04. The minimum atomic E-state index is -1.02. The molecule has 0 saturated carbocycles. The van der Waals surface area contributed by atoms with Crippen LogP contribution in [0.15, 0.2) is 6.20 Å². The lowest BCUT2D eigenvalue weighted by atomic mass is 9.98. The highest BCUT2D eigenvalue weighted by molar-refractivity contribution is 5.92. The highest BCUT2D eigenvalue weighted by Gasteiger charge is 2.30. The van der Waals surface area contributed by atoms with E-state index in [1.165, 1.54) is 0 Å². The number of hydrogen-bond acceptors (Lipinski definition) is 6. The standard InChI is InChI=1S/C13H23N5O3/c1-2-13(8-19,9-20)15-12(21)11-7-18(17-16-11)10-3-5-14-6-4-10/h7,10,14,19-20H,2-6,8-9H2,1H3,(H,15,21). The number of amides is 1. The minimum absolute atomic E-state index is 0.202. The molecule has 1 aromatic heterocycles. The predicted molar refractivity (Wildman–Crippen MR) is 75.8 cm³/mol. The van der Waals surface area contributed by atoms with Gasteiger partial charge in [0.05, 0.1) is 31.0 Å². The fourth-order valence-corrected chi connectivity index (χ4v) is 2.38. The first-order chi connectivity index (χ1) is 10.1. The van der Waals surface area contributed by atoms with Gasteiger partial charge in [-0.1, -0.05) is 12.1 Å². The first-order valence-electron chi connectivity index (χ1n) is 7.31. The monoisotopic (exact) mass is 297 g/mol. The van der Waals surface area contributed by atoms with Crippen molar-refractivity contribution in [3.05, 3.63) is 11.9 Å². The molecule has 0 atom stereocenters. The van der Waals surface area contributed by atoms with Crippen molar-refractivity contribution in [1.82, 2.24) is 25.6 Å². The molecule has 0 radical (unpaired) electrons. The van der Waals surface area contributed by atoms with Crippen molar-refractivity contribution in [3.8, 4) is 0 Å². The first kappa shape index (κ1) is 15.9. The summed E-state index contributed by atoms with van der Waals surface area (Å²) in [5.74, 6) is -0.430. The van der Waals surface area contributed by atoms with Gasteiger partial charge in [-0.15, -0.1) is 5.10 Å². The molecule has 4 N–H and O–H groups in total. The summed E-state index contributed by atoms with van der Waals surface area (Å²) in [5, 5.41) is 32.6. The maximum absolute atomic E-state index is 12.2. The van der Waals surface area contributed by atoms with E-state index in [-0.39, 0.29) is 24.9 Å². The van der Waals surface area contributed by atoms with Crippen LogP contribution in [0.3, 0.4) is 0 Å². The predicted octanol–water partition coefficient (Wildman–Crippen LogP) is -0.934. The third-order valence-corrected chi connectivity index (χ3v) is 4.09. The normalized spacial score (nSPS) is 16.9. The summed E-state index contributed by atoms with van der Waals surface area (Å²) in [7, 11) is 0. The maximum atomic E-state index is 12.2. The number of nitrogens with one attached hydrogen (secondary N) is 2. The maximum Gasteiger partial charge on any atom is 0.274 e. The summed E-state index contributed by atoms with van der Waals surface area (Å²) in [6, 6.07) is 0.256. The molecule has 1 amide bonds. The summed E-state index contributed by atoms with van der Waals surface area (Å²) in [6.45, 7) is 3.00. The Hall–Kier alpha value is -1.51. The van der Waals surface area contributed by atoms with E-state index < -0.39 is 11.4 Å². The van der Waals surface area contributed by atoms with Gasteiger partial charge in [-0.25, -0.2) is 4.68 Å². The molecule has 1 aliphatic heterocycles. The Kier molecular flexibility index (Phi) is 5.27. The van der Waals surface area contributed by atoms with Crippen molar-refractivity contribution in [3.63, 3.8) is 0 Å². The van der Waals surface area contributed by atoms with Crippen LogP contribution >= 0.6 is 0 Å². The van der Waals surface area contributed by atoms with Gasteiger partial charge in [-0.2, -0.15) is 0 Å². The topological polar surface area (TPSA) is 112 Å². The first-order valence-corrected chi connectivity index (χ1v) is 7.31. The fraction of sp³-hybridized carbons (Fsp3) is 0.769. The van der Waals surface area contributed by atoms with Crippen LogP contribution in [0, 0.1) is 0 Å². The van der Waals surface area contributed by atoms with Crippen LogP contribution in [0.25, 0.3) is 0 Å². The van der Waals surface area contributed by atoms with Gasteiger partial charge in [-0.3, -0.25) is 4.79 Å². The van der Waals surface area contributed by atoms with Gasteiger partial charge in [0.2, 0.25) is 0 Å². The van der Waals surface area contributed by atoms with Gasteiger partial charge in [0.25, 0.3) is 5.91 Å². The smallest absolute Gasteiger partial charge is 0.274 e. The zero-order valence-corrected chi connectivity index (χ0v) is 12.2. The molecule has 0 bridgehead atoms. The van der Waals surface area contributed by atoms with Crippen molar-refractivity contribution >= 4 is 5.91 Å². The van der Waals surface area contributed by atoms with E-state index >= 15 is 0 Å². The van der Waals surface area contributed by atoms with Crippen LogP contribution in [0.5, 0.6) is 0 Å². The van der Waals surface area contributed by atoms with Gasteiger partial charge in [0.1, 0.15) is 0 Å². The van der Waals surface area contributed by atoms with E-state index in [0.717, 1.165) is 25.9 Å². The number of rotatable bonds is 6. The van der Waals surface area contributed by atoms with Crippen molar-refractivity contribution in [2.45, 2.75) is 37.8 Å². The number of aliphatic hydroxyl groups excluding tert-OH is 2. The number of hydrogen-bond donors (Lipinski definition) is 4. The molecule has 8 nitrogen and oxygen atoms in total. The number of carbonyl (C=O) groups is 1. The third kappa shape index (κ3) is 3.58. The van der Waals surface area contributed by atoms with E-state index in [1.807, 2.05) is 0 Å². The van der Waals surface area contributed by atoms with E-state index in [0.29, 0.717) is 6.42 Å². The number of piperidine rings is 1. The van der Waals surface area contributed by atoms with Crippen LogP contribution in [-0.4, -0.2) is 63.0 Å². The molecule has 1 aliphatic rings. The minimum Gasteiger partial charge on any atom is -0.394 e. The Balaban J connectivity index is 2.04. The van der Waals surface area contributed by atoms with Crippen molar-refractivity contribution in [1.29, 1.82) is 0 Å². The van der Waals surface area contributed by atoms with Crippen LogP contribution in [-0.2, 0) is 0 Å². The molecule has 21 heavy (non-hydrogen) atoms. The van der Waals surface area contributed by atoms with Gasteiger partial charge in [-0.05, 0) is 32.4 Å². The molecule has 0 aromatic carbocycles. The van der Waals surface area contributed by atoms with Crippen molar-refractivity contribution in [2.24, 2.45) is 0 Å². The number of carbonyl (C=O) groups excluding carboxylic acids is 1.